The Morgan fingerprint density at radius 2 is 2.33 bits per heavy atom. The van der Waals surface area contributed by atoms with Crippen LogP contribution >= 0.6 is 11.6 Å². The Kier molecular flexibility index (Phi) is 4.04. The Balaban J connectivity index is 2.20. The summed E-state index contributed by atoms with van der Waals surface area (Å²) in [4.78, 5) is 8.60. The molecule has 1 unspecified atom stereocenters. The number of aliphatic hydroxyl groups excluding tert-OH is 1. The van der Waals surface area contributed by atoms with E-state index in [9.17, 15) is 5.11 Å². The smallest absolute Gasteiger partial charge is 0.161 e. The lowest BCUT2D eigenvalue weighted by Gasteiger charge is -2.24. The molecule has 1 aliphatic rings. The van der Waals surface area contributed by atoms with E-state index in [0.717, 1.165) is 19.4 Å². The Morgan fingerprint density at radius 1 is 1.56 bits per heavy atom. The average molecular weight is 272 g/mol. The van der Waals surface area contributed by atoms with Gasteiger partial charge in [-0.15, -0.1) is 0 Å². The maximum atomic E-state index is 9.24. The largest absolute Gasteiger partial charge is 0.394 e. The Bertz CT molecular complexity index is 420. The molecule has 0 saturated carbocycles. The van der Waals surface area contributed by atoms with Gasteiger partial charge in [-0.1, -0.05) is 11.6 Å². The summed E-state index contributed by atoms with van der Waals surface area (Å²) in [6.07, 6.45) is 1.87. The van der Waals surface area contributed by atoms with Crippen LogP contribution in [0.4, 0.5) is 5.82 Å². The maximum absolute atomic E-state index is 9.24. The number of aromatic nitrogens is 2. The Morgan fingerprint density at radius 3 is 2.94 bits per heavy atom. The van der Waals surface area contributed by atoms with E-state index >= 15 is 0 Å². The van der Waals surface area contributed by atoms with E-state index in [-0.39, 0.29) is 12.7 Å². The van der Waals surface area contributed by atoms with Gasteiger partial charge in [-0.05, 0) is 26.7 Å². The van der Waals surface area contributed by atoms with Gasteiger partial charge in [-0.3, -0.25) is 0 Å². The molecule has 0 radical (unpaired) electrons. The molecule has 0 aromatic carbocycles. The van der Waals surface area contributed by atoms with Crippen LogP contribution in [0.5, 0.6) is 0 Å². The molecule has 2 rings (SSSR count). The van der Waals surface area contributed by atoms with Crippen LogP contribution in [-0.2, 0) is 4.74 Å². The number of nitrogens with zero attached hydrogens (tertiary/aromatic N) is 2. The molecule has 1 saturated heterocycles. The molecule has 0 amide bonds. The van der Waals surface area contributed by atoms with Gasteiger partial charge >= 0.3 is 0 Å². The van der Waals surface area contributed by atoms with Crippen molar-refractivity contribution in [3.63, 3.8) is 0 Å². The van der Waals surface area contributed by atoms with Crippen molar-refractivity contribution in [3.8, 4) is 0 Å². The van der Waals surface area contributed by atoms with Gasteiger partial charge < -0.3 is 15.2 Å². The summed E-state index contributed by atoms with van der Waals surface area (Å²) in [5, 5.41) is 12.8. The van der Waals surface area contributed by atoms with E-state index < -0.39 is 5.54 Å². The van der Waals surface area contributed by atoms with Crippen LogP contribution in [-0.4, -0.2) is 33.8 Å². The molecule has 100 valence electrons. The quantitative estimate of drug-likeness (QED) is 0.822. The van der Waals surface area contributed by atoms with Crippen LogP contribution in [0.2, 0.25) is 5.15 Å². The van der Waals surface area contributed by atoms with Crippen LogP contribution in [0.25, 0.3) is 0 Å². The average Bonchev–Trinajstić information content (AvgIpc) is 2.81. The monoisotopic (exact) mass is 271 g/mol. The van der Waals surface area contributed by atoms with Crippen molar-refractivity contribution in [1.82, 2.24) is 9.97 Å². The van der Waals surface area contributed by atoms with Gasteiger partial charge in [0.1, 0.15) is 17.1 Å². The molecule has 2 heterocycles. The van der Waals surface area contributed by atoms with Gasteiger partial charge in [-0.2, -0.15) is 0 Å². The Labute approximate surface area is 112 Å². The molecular weight excluding hydrogens is 254 g/mol. The van der Waals surface area contributed by atoms with E-state index in [1.807, 2.05) is 13.8 Å². The molecule has 0 bridgehead atoms. The number of nitrogens with one attached hydrogen (secondary N) is 1. The molecule has 18 heavy (non-hydrogen) atoms. The fraction of sp³-hybridized carbons (Fsp3) is 0.667. The van der Waals surface area contributed by atoms with E-state index in [1.54, 1.807) is 6.07 Å². The first-order valence-corrected chi connectivity index (χ1v) is 6.43. The summed E-state index contributed by atoms with van der Waals surface area (Å²) in [7, 11) is 0. The first-order valence-electron chi connectivity index (χ1n) is 6.05. The molecule has 1 aromatic rings. The molecule has 0 aliphatic carbocycles. The van der Waals surface area contributed by atoms with Crippen molar-refractivity contribution in [2.75, 3.05) is 18.5 Å². The number of halogens is 1. The lowest BCUT2D eigenvalue weighted by atomic mass is 10.1. The second-order valence-corrected chi connectivity index (χ2v) is 5.49. The molecule has 2 N–H and O–H groups in total. The van der Waals surface area contributed by atoms with E-state index in [0.29, 0.717) is 16.8 Å². The van der Waals surface area contributed by atoms with Crippen LogP contribution in [0.1, 0.15) is 38.6 Å². The lowest BCUT2D eigenvalue weighted by molar-refractivity contribution is 0.105. The van der Waals surface area contributed by atoms with Crippen molar-refractivity contribution in [1.29, 1.82) is 0 Å². The molecular formula is C12H18ClN3O2. The molecule has 0 spiro atoms. The van der Waals surface area contributed by atoms with Crippen molar-refractivity contribution < 1.29 is 9.84 Å². The number of rotatable bonds is 4. The molecule has 1 atom stereocenters. The number of anilines is 1. The van der Waals surface area contributed by atoms with Gasteiger partial charge in [0.2, 0.25) is 0 Å². The molecule has 5 nitrogen and oxygen atoms in total. The van der Waals surface area contributed by atoms with Gasteiger partial charge in [0, 0.05) is 12.7 Å². The number of hydrogen-bond donors (Lipinski definition) is 2. The zero-order chi connectivity index (χ0) is 13.2. The topological polar surface area (TPSA) is 67.3 Å². The third-order valence-electron chi connectivity index (χ3n) is 2.79. The summed E-state index contributed by atoms with van der Waals surface area (Å²) in [5.41, 5.74) is -0.453. The normalized spacial score (nSPS) is 20.1. The maximum Gasteiger partial charge on any atom is 0.161 e. The molecule has 1 fully saturated rings. The number of ether oxygens (including phenoxy) is 1. The lowest BCUT2D eigenvalue weighted by Crippen LogP contribution is -2.35. The van der Waals surface area contributed by atoms with Gasteiger partial charge in [-0.25, -0.2) is 9.97 Å². The van der Waals surface area contributed by atoms with Gasteiger partial charge in [0.15, 0.2) is 5.82 Å². The Hall–Kier alpha value is -0.910. The van der Waals surface area contributed by atoms with Crippen molar-refractivity contribution >= 4 is 17.4 Å². The summed E-state index contributed by atoms with van der Waals surface area (Å²) < 4.78 is 5.54. The predicted molar refractivity (Wildman–Crippen MR) is 69.8 cm³/mol. The van der Waals surface area contributed by atoms with Crippen LogP contribution in [0.3, 0.4) is 0 Å². The minimum Gasteiger partial charge on any atom is -0.394 e. The van der Waals surface area contributed by atoms with Crippen LogP contribution in [0, 0.1) is 0 Å². The second kappa shape index (κ2) is 5.38. The highest BCUT2D eigenvalue weighted by atomic mass is 35.5. The van der Waals surface area contributed by atoms with Gasteiger partial charge in [0.25, 0.3) is 0 Å². The highest BCUT2D eigenvalue weighted by molar-refractivity contribution is 6.29. The fourth-order valence-corrected chi connectivity index (χ4v) is 2.00. The van der Waals surface area contributed by atoms with E-state index in [4.69, 9.17) is 16.3 Å². The minimum atomic E-state index is -0.453. The minimum absolute atomic E-state index is 0.00385. The summed E-state index contributed by atoms with van der Waals surface area (Å²) >= 11 is 5.99. The SMILES string of the molecule is CC(C)(CO)Nc1cc(Cl)nc(C2CCCO2)n1. The van der Waals surface area contributed by atoms with E-state index in [2.05, 4.69) is 15.3 Å². The standard InChI is InChI=1S/C12H18ClN3O2/c1-12(2,7-17)16-10-6-9(13)14-11(15-10)8-4-3-5-18-8/h6,8,17H,3-5,7H2,1-2H3,(H,14,15,16). The van der Waals surface area contributed by atoms with Gasteiger partial charge in [0.05, 0.1) is 12.1 Å². The molecule has 6 heteroatoms. The first-order chi connectivity index (χ1) is 8.50. The molecule has 1 aliphatic heterocycles. The zero-order valence-electron chi connectivity index (χ0n) is 10.6. The number of aliphatic hydroxyl groups is 1. The third-order valence-corrected chi connectivity index (χ3v) is 2.99. The van der Waals surface area contributed by atoms with E-state index in [1.165, 1.54) is 0 Å². The second-order valence-electron chi connectivity index (χ2n) is 5.10. The van der Waals surface area contributed by atoms with Crippen LogP contribution in [0.15, 0.2) is 6.07 Å². The highest BCUT2D eigenvalue weighted by Gasteiger charge is 2.23. The van der Waals surface area contributed by atoms with Crippen LogP contribution < -0.4 is 5.32 Å². The zero-order valence-corrected chi connectivity index (χ0v) is 11.4. The van der Waals surface area contributed by atoms with Crippen molar-refractivity contribution in [2.45, 2.75) is 38.3 Å². The summed E-state index contributed by atoms with van der Waals surface area (Å²) in [6.45, 7) is 4.51. The predicted octanol–water partition coefficient (Wildman–Crippen LogP) is 2.16. The fourth-order valence-electron chi connectivity index (χ4n) is 1.81. The molecule has 1 aromatic heterocycles. The summed E-state index contributed by atoms with van der Waals surface area (Å²) in [6, 6.07) is 1.65. The van der Waals surface area contributed by atoms with Crippen molar-refractivity contribution in [3.05, 3.63) is 17.0 Å². The third kappa shape index (κ3) is 3.31. The summed E-state index contributed by atoms with van der Waals surface area (Å²) in [5.74, 6) is 1.22. The number of hydrogen-bond acceptors (Lipinski definition) is 5. The van der Waals surface area contributed by atoms with Crippen molar-refractivity contribution in [2.24, 2.45) is 0 Å². The highest BCUT2D eigenvalue weighted by Crippen LogP contribution is 2.28. The first kappa shape index (κ1) is 13.5.